The second-order valence-electron chi connectivity index (χ2n) is 6.33. The van der Waals surface area contributed by atoms with Crippen LogP contribution in [0.4, 0.5) is 23.1 Å². The van der Waals surface area contributed by atoms with Gasteiger partial charge >= 0.3 is 0 Å². The fourth-order valence-corrected chi connectivity index (χ4v) is 2.68. The standard InChI is InChI=1S/C21H24N4O2/c1-13-6-7-16(10-14(13)2)23-21-22-15(3)11-20(25-21)24-18-9-8-17(26-4)12-19(18)27-5/h6-12H,1-5H3,(H2,22,23,24,25). The number of aryl methyl sites for hydroxylation is 3. The van der Waals surface area contributed by atoms with Crippen LogP contribution in [0.1, 0.15) is 16.8 Å². The minimum Gasteiger partial charge on any atom is -0.497 e. The number of aromatic nitrogens is 2. The summed E-state index contributed by atoms with van der Waals surface area (Å²) in [6.45, 7) is 6.11. The third-order valence-corrected chi connectivity index (χ3v) is 4.29. The lowest BCUT2D eigenvalue weighted by Gasteiger charge is -2.14. The molecule has 0 unspecified atom stereocenters. The Labute approximate surface area is 159 Å². The number of anilines is 4. The second-order valence-corrected chi connectivity index (χ2v) is 6.33. The smallest absolute Gasteiger partial charge is 0.229 e. The van der Waals surface area contributed by atoms with Crippen LogP contribution in [0.15, 0.2) is 42.5 Å². The highest BCUT2D eigenvalue weighted by Gasteiger charge is 2.09. The summed E-state index contributed by atoms with van der Waals surface area (Å²) in [6.07, 6.45) is 0. The first-order chi connectivity index (χ1) is 13.0. The number of rotatable bonds is 6. The molecule has 0 aliphatic heterocycles. The van der Waals surface area contributed by atoms with E-state index in [1.807, 2.05) is 37.3 Å². The maximum atomic E-state index is 5.44. The van der Waals surface area contributed by atoms with Crippen LogP contribution in [0.5, 0.6) is 11.5 Å². The Kier molecular flexibility index (Phi) is 5.45. The average molecular weight is 364 g/mol. The highest BCUT2D eigenvalue weighted by Crippen LogP contribution is 2.31. The molecule has 1 aromatic heterocycles. The van der Waals surface area contributed by atoms with Crippen molar-refractivity contribution in [1.29, 1.82) is 0 Å². The number of benzene rings is 2. The number of hydrogen-bond donors (Lipinski definition) is 2. The van der Waals surface area contributed by atoms with E-state index in [0.29, 0.717) is 17.5 Å². The van der Waals surface area contributed by atoms with Gasteiger partial charge in [-0.1, -0.05) is 6.07 Å². The van der Waals surface area contributed by atoms with Gasteiger partial charge in [-0.25, -0.2) is 4.98 Å². The molecule has 2 aromatic carbocycles. The van der Waals surface area contributed by atoms with Crippen molar-refractivity contribution in [2.24, 2.45) is 0 Å². The average Bonchev–Trinajstić information content (AvgIpc) is 2.64. The van der Waals surface area contributed by atoms with Crippen molar-refractivity contribution in [2.45, 2.75) is 20.8 Å². The lowest BCUT2D eigenvalue weighted by atomic mass is 10.1. The molecule has 0 saturated carbocycles. The van der Waals surface area contributed by atoms with E-state index in [4.69, 9.17) is 9.47 Å². The number of nitrogens with one attached hydrogen (secondary N) is 2. The molecule has 140 valence electrons. The van der Waals surface area contributed by atoms with E-state index >= 15 is 0 Å². The van der Waals surface area contributed by atoms with Gasteiger partial charge in [-0.2, -0.15) is 4.98 Å². The molecular formula is C21H24N4O2. The van der Waals surface area contributed by atoms with Crippen LogP contribution in [0.2, 0.25) is 0 Å². The van der Waals surface area contributed by atoms with Gasteiger partial charge in [0.2, 0.25) is 5.95 Å². The Balaban J connectivity index is 1.86. The van der Waals surface area contributed by atoms with Gasteiger partial charge in [-0.3, -0.25) is 0 Å². The third-order valence-electron chi connectivity index (χ3n) is 4.29. The first kappa shape index (κ1) is 18.5. The third kappa shape index (κ3) is 4.47. The monoisotopic (exact) mass is 364 g/mol. The van der Waals surface area contributed by atoms with E-state index < -0.39 is 0 Å². The molecule has 3 rings (SSSR count). The fraction of sp³-hybridized carbons (Fsp3) is 0.238. The van der Waals surface area contributed by atoms with Crippen molar-refractivity contribution < 1.29 is 9.47 Å². The van der Waals surface area contributed by atoms with Gasteiger partial charge < -0.3 is 20.1 Å². The van der Waals surface area contributed by atoms with Crippen LogP contribution in [-0.4, -0.2) is 24.2 Å². The van der Waals surface area contributed by atoms with Crippen molar-refractivity contribution in [1.82, 2.24) is 9.97 Å². The summed E-state index contributed by atoms with van der Waals surface area (Å²) in [7, 11) is 3.25. The maximum absolute atomic E-state index is 5.44. The Morgan fingerprint density at radius 2 is 1.59 bits per heavy atom. The van der Waals surface area contributed by atoms with Gasteiger partial charge in [-0.05, 0) is 56.2 Å². The Morgan fingerprint density at radius 1 is 0.778 bits per heavy atom. The first-order valence-electron chi connectivity index (χ1n) is 8.67. The van der Waals surface area contributed by atoms with Gasteiger partial charge in [0.25, 0.3) is 0 Å². The minimum atomic E-state index is 0.535. The zero-order chi connectivity index (χ0) is 19.4. The van der Waals surface area contributed by atoms with Gasteiger partial charge in [0.15, 0.2) is 0 Å². The minimum absolute atomic E-state index is 0.535. The molecule has 0 spiro atoms. The van der Waals surface area contributed by atoms with E-state index in [1.165, 1.54) is 11.1 Å². The van der Waals surface area contributed by atoms with E-state index in [-0.39, 0.29) is 0 Å². The summed E-state index contributed by atoms with van der Waals surface area (Å²) >= 11 is 0. The van der Waals surface area contributed by atoms with Gasteiger partial charge in [0.1, 0.15) is 17.3 Å². The molecule has 0 aliphatic rings. The molecule has 0 atom stereocenters. The van der Waals surface area contributed by atoms with E-state index in [9.17, 15) is 0 Å². The van der Waals surface area contributed by atoms with Crippen LogP contribution < -0.4 is 20.1 Å². The zero-order valence-electron chi connectivity index (χ0n) is 16.3. The van der Waals surface area contributed by atoms with Crippen LogP contribution >= 0.6 is 0 Å². The van der Waals surface area contributed by atoms with Gasteiger partial charge in [0, 0.05) is 23.5 Å². The predicted octanol–water partition coefficient (Wildman–Crippen LogP) is 4.91. The van der Waals surface area contributed by atoms with Crippen LogP contribution in [0, 0.1) is 20.8 Å². The van der Waals surface area contributed by atoms with Crippen molar-refractivity contribution >= 4 is 23.1 Å². The summed E-state index contributed by atoms with van der Waals surface area (Å²) in [4.78, 5) is 9.05. The molecular weight excluding hydrogens is 340 g/mol. The summed E-state index contributed by atoms with van der Waals surface area (Å²) in [5.74, 6) is 2.62. The molecule has 0 fully saturated rings. The Bertz CT molecular complexity index is 957. The highest BCUT2D eigenvalue weighted by atomic mass is 16.5. The summed E-state index contributed by atoms with van der Waals surface area (Å²) in [5, 5.41) is 6.56. The lowest BCUT2D eigenvalue weighted by Crippen LogP contribution is -2.03. The molecule has 0 radical (unpaired) electrons. The van der Waals surface area contributed by atoms with Crippen molar-refractivity contribution in [3.05, 3.63) is 59.3 Å². The molecule has 6 nitrogen and oxygen atoms in total. The molecule has 27 heavy (non-hydrogen) atoms. The molecule has 0 aliphatic carbocycles. The fourth-order valence-electron chi connectivity index (χ4n) is 2.68. The van der Waals surface area contributed by atoms with Crippen molar-refractivity contribution in [3.63, 3.8) is 0 Å². The first-order valence-corrected chi connectivity index (χ1v) is 8.67. The maximum Gasteiger partial charge on any atom is 0.229 e. The lowest BCUT2D eigenvalue weighted by molar-refractivity contribution is 0.395. The number of nitrogens with zero attached hydrogens (tertiary/aromatic N) is 2. The summed E-state index contributed by atoms with van der Waals surface area (Å²) < 4.78 is 10.7. The van der Waals surface area contributed by atoms with Crippen molar-refractivity contribution in [2.75, 3.05) is 24.9 Å². The van der Waals surface area contributed by atoms with Crippen LogP contribution in [0.25, 0.3) is 0 Å². The highest BCUT2D eigenvalue weighted by molar-refractivity contribution is 5.67. The molecule has 1 heterocycles. The topological polar surface area (TPSA) is 68.3 Å². The van der Waals surface area contributed by atoms with E-state index in [2.05, 4.69) is 46.6 Å². The number of hydrogen-bond acceptors (Lipinski definition) is 6. The largest absolute Gasteiger partial charge is 0.497 e. The molecule has 0 amide bonds. The normalized spacial score (nSPS) is 10.4. The predicted molar refractivity (Wildman–Crippen MR) is 109 cm³/mol. The number of methoxy groups -OCH3 is 2. The van der Waals surface area contributed by atoms with Crippen molar-refractivity contribution in [3.8, 4) is 11.5 Å². The van der Waals surface area contributed by atoms with E-state index in [1.54, 1.807) is 14.2 Å². The number of ether oxygens (including phenoxy) is 2. The van der Waals surface area contributed by atoms with Gasteiger partial charge in [-0.15, -0.1) is 0 Å². The quantitative estimate of drug-likeness (QED) is 0.648. The summed E-state index contributed by atoms with van der Waals surface area (Å²) in [6, 6.07) is 13.7. The molecule has 3 aromatic rings. The molecule has 2 N–H and O–H groups in total. The molecule has 6 heteroatoms. The van der Waals surface area contributed by atoms with Crippen LogP contribution in [0.3, 0.4) is 0 Å². The second kappa shape index (κ2) is 7.95. The Morgan fingerprint density at radius 3 is 2.30 bits per heavy atom. The van der Waals surface area contributed by atoms with E-state index in [0.717, 1.165) is 22.8 Å². The summed E-state index contributed by atoms with van der Waals surface area (Å²) in [5.41, 5.74) is 5.07. The molecule has 0 saturated heterocycles. The SMILES string of the molecule is COc1ccc(Nc2cc(C)nc(Nc3ccc(C)c(C)c3)n2)c(OC)c1. The Hall–Kier alpha value is -3.28. The van der Waals surface area contributed by atoms with Gasteiger partial charge in [0.05, 0.1) is 19.9 Å². The molecule has 0 bridgehead atoms. The zero-order valence-corrected chi connectivity index (χ0v) is 16.3. The van der Waals surface area contributed by atoms with Crippen LogP contribution in [-0.2, 0) is 0 Å².